The first-order valence-corrected chi connectivity index (χ1v) is 12.9. The first-order chi connectivity index (χ1) is 17.8. The van der Waals surface area contributed by atoms with Gasteiger partial charge in [-0.3, -0.25) is 19.1 Å². The summed E-state index contributed by atoms with van der Waals surface area (Å²) in [6, 6.07) is 21.1. The number of carbonyl (C=O) groups is 1. The highest BCUT2D eigenvalue weighted by molar-refractivity contribution is 5.99. The lowest BCUT2D eigenvalue weighted by Gasteiger charge is -2.48. The standard InChI is InChI=1S/C30H32N6O/c1-20-10-11-23-24(33-20)7-5-8-25(23)34-16-17-35(30(2,3)18-34)15-14-21-6-4-9-26-22(21)12-13-27-28(29(31)37)32-19-36(26)27/h4-13,19H,14-18H2,1-3H3,(H2,31,37). The Labute approximate surface area is 216 Å². The molecule has 2 aromatic carbocycles. The van der Waals surface area contributed by atoms with Crippen molar-refractivity contribution in [1.82, 2.24) is 19.3 Å². The van der Waals surface area contributed by atoms with E-state index in [4.69, 9.17) is 10.7 Å². The van der Waals surface area contributed by atoms with Crippen molar-refractivity contribution in [3.05, 3.63) is 83.9 Å². The van der Waals surface area contributed by atoms with Crippen LogP contribution in [0, 0.1) is 6.92 Å². The third-order valence-electron chi connectivity index (χ3n) is 7.79. The lowest BCUT2D eigenvalue weighted by Crippen LogP contribution is -2.59. The van der Waals surface area contributed by atoms with Crippen LogP contribution in [0.1, 0.15) is 35.6 Å². The third-order valence-corrected chi connectivity index (χ3v) is 7.79. The molecule has 1 aliphatic rings. The molecule has 0 atom stereocenters. The van der Waals surface area contributed by atoms with Crippen molar-refractivity contribution in [2.75, 3.05) is 31.1 Å². The fraction of sp³-hybridized carbons (Fsp3) is 0.300. The molecule has 5 aromatic rings. The van der Waals surface area contributed by atoms with Gasteiger partial charge in [0.1, 0.15) is 6.33 Å². The van der Waals surface area contributed by atoms with E-state index in [1.807, 2.05) is 17.4 Å². The predicted molar refractivity (Wildman–Crippen MR) is 149 cm³/mol. The van der Waals surface area contributed by atoms with Gasteiger partial charge in [-0.2, -0.15) is 0 Å². The number of aryl methyl sites for hydroxylation is 1. The van der Waals surface area contributed by atoms with E-state index in [9.17, 15) is 4.79 Å². The van der Waals surface area contributed by atoms with E-state index in [0.29, 0.717) is 5.69 Å². The van der Waals surface area contributed by atoms with Crippen molar-refractivity contribution >= 4 is 38.9 Å². The number of fused-ring (bicyclic) bond motifs is 4. The smallest absolute Gasteiger partial charge is 0.269 e. The number of aromatic nitrogens is 3. The first-order valence-electron chi connectivity index (χ1n) is 12.9. The Morgan fingerprint density at radius 1 is 0.973 bits per heavy atom. The minimum atomic E-state index is -0.505. The summed E-state index contributed by atoms with van der Waals surface area (Å²) >= 11 is 0. The van der Waals surface area contributed by atoms with Crippen molar-refractivity contribution in [3.8, 4) is 0 Å². The Morgan fingerprint density at radius 2 is 1.78 bits per heavy atom. The fourth-order valence-corrected chi connectivity index (χ4v) is 5.86. The van der Waals surface area contributed by atoms with Crippen molar-refractivity contribution < 1.29 is 4.79 Å². The van der Waals surface area contributed by atoms with E-state index < -0.39 is 5.91 Å². The number of pyridine rings is 2. The highest BCUT2D eigenvalue weighted by Gasteiger charge is 2.34. The van der Waals surface area contributed by atoms with Gasteiger partial charge in [0.15, 0.2) is 5.69 Å². The summed E-state index contributed by atoms with van der Waals surface area (Å²) < 4.78 is 1.96. The molecule has 3 aromatic heterocycles. The molecule has 0 spiro atoms. The van der Waals surface area contributed by atoms with Crippen LogP contribution in [0.25, 0.3) is 27.3 Å². The van der Waals surface area contributed by atoms with Gasteiger partial charge in [0.25, 0.3) is 5.91 Å². The topological polar surface area (TPSA) is 79.8 Å². The van der Waals surface area contributed by atoms with E-state index in [0.717, 1.165) is 54.8 Å². The van der Waals surface area contributed by atoms with Gasteiger partial charge in [-0.25, -0.2) is 4.98 Å². The van der Waals surface area contributed by atoms with E-state index in [2.05, 4.69) is 83.2 Å². The Morgan fingerprint density at radius 3 is 2.59 bits per heavy atom. The molecule has 1 saturated heterocycles. The summed E-state index contributed by atoms with van der Waals surface area (Å²) in [5.41, 5.74) is 12.3. The van der Waals surface area contributed by atoms with Gasteiger partial charge in [0.2, 0.25) is 0 Å². The minimum absolute atomic E-state index is 0.0249. The largest absolute Gasteiger partial charge is 0.368 e. The van der Waals surface area contributed by atoms with Crippen LogP contribution in [-0.2, 0) is 6.42 Å². The van der Waals surface area contributed by atoms with Crippen LogP contribution in [-0.4, -0.2) is 56.9 Å². The van der Waals surface area contributed by atoms with Crippen molar-refractivity contribution in [1.29, 1.82) is 0 Å². The van der Waals surface area contributed by atoms with Crippen LogP contribution in [0.3, 0.4) is 0 Å². The summed E-state index contributed by atoms with van der Waals surface area (Å²) in [5, 5.41) is 2.40. The number of imidazole rings is 1. The van der Waals surface area contributed by atoms with E-state index in [1.165, 1.54) is 22.0 Å². The number of piperazine rings is 1. The third kappa shape index (κ3) is 4.09. The van der Waals surface area contributed by atoms with Crippen LogP contribution in [0.2, 0.25) is 0 Å². The Balaban J connectivity index is 1.22. The van der Waals surface area contributed by atoms with Gasteiger partial charge in [-0.15, -0.1) is 0 Å². The van der Waals surface area contributed by atoms with Gasteiger partial charge < -0.3 is 10.6 Å². The monoisotopic (exact) mass is 492 g/mol. The predicted octanol–water partition coefficient (Wildman–Crippen LogP) is 4.59. The first kappa shape index (κ1) is 23.4. The van der Waals surface area contributed by atoms with Crippen LogP contribution in [0.5, 0.6) is 0 Å². The van der Waals surface area contributed by atoms with Gasteiger partial charge in [-0.1, -0.05) is 24.3 Å². The summed E-state index contributed by atoms with van der Waals surface area (Å²) in [6.45, 7) is 10.6. The van der Waals surface area contributed by atoms with Crippen LogP contribution < -0.4 is 10.6 Å². The number of benzene rings is 2. The zero-order valence-corrected chi connectivity index (χ0v) is 21.6. The molecule has 6 rings (SSSR count). The van der Waals surface area contributed by atoms with Crippen molar-refractivity contribution in [3.63, 3.8) is 0 Å². The van der Waals surface area contributed by atoms with Crippen molar-refractivity contribution in [2.45, 2.75) is 32.7 Å². The molecule has 188 valence electrons. The van der Waals surface area contributed by atoms with Gasteiger partial charge >= 0.3 is 0 Å². The number of hydrogen-bond acceptors (Lipinski definition) is 5. The summed E-state index contributed by atoms with van der Waals surface area (Å²) in [4.78, 5) is 25.8. The lowest BCUT2D eigenvalue weighted by atomic mass is 9.96. The zero-order valence-electron chi connectivity index (χ0n) is 21.6. The molecule has 4 heterocycles. The zero-order chi connectivity index (χ0) is 25.7. The number of nitrogens with two attached hydrogens (primary N) is 1. The molecule has 0 radical (unpaired) electrons. The summed E-state index contributed by atoms with van der Waals surface area (Å²) in [5.74, 6) is -0.505. The highest BCUT2D eigenvalue weighted by Crippen LogP contribution is 2.31. The molecule has 2 N–H and O–H groups in total. The second-order valence-electron chi connectivity index (χ2n) is 10.7. The SMILES string of the molecule is Cc1ccc2c(N3CCN(CCc4cccc5c4ccc4c(C(N)=O)ncn45)C(C)(C)C3)cccc2n1. The van der Waals surface area contributed by atoms with Crippen LogP contribution in [0.15, 0.2) is 67.0 Å². The van der Waals surface area contributed by atoms with Crippen LogP contribution >= 0.6 is 0 Å². The molecule has 1 fully saturated rings. The molecule has 0 saturated carbocycles. The maximum Gasteiger partial charge on any atom is 0.269 e. The molecule has 1 aliphatic heterocycles. The second kappa shape index (κ2) is 8.85. The number of nitrogens with zero attached hydrogens (tertiary/aromatic N) is 5. The number of primary amides is 1. The molecule has 0 unspecified atom stereocenters. The van der Waals surface area contributed by atoms with Gasteiger partial charge in [-0.05, 0) is 69.2 Å². The minimum Gasteiger partial charge on any atom is -0.368 e. The molecule has 0 aliphatic carbocycles. The number of rotatable bonds is 5. The van der Waals surface area contributed by atoms with Gasteiger partial charge in [0.05, 0.1) is 16.6 Å². The molecular formula is C30H32N6O. The number of carbonyl (C=O) groups excluding carboxylic acids is 1. The number of anilines is 1. The molecule has 37 heavy (non-hydrogen) atoms. The average Bonchev–Trinajstić information content (AvgIpc) is 3.32. The second-order valence-corrected chi connectivity index (χ2v) is 10.7. The maximum atomic E-state index is 11.7. The van der Waals surface area contributed by atoms with Crippen LogP contribution in [0.4, 0.5) is 5.69 Å². The fourth-order valence-electron chi connectivity index (χ4n) is 5.86. The average molecular weight is 493 g/mol. The number of hydrogen-bond donors (Lipinski definition) is 1. The normalized spacial score (nSPS) is 16.1. The quantitative estimate of drug-likeness (QED) is 0.388. The molecular weight excluding hydrogens is 460 g/mol. The van der Waals surface area contributed by atoms with Crippen molar-refractivity contribution in [2.24, 2.45) is 5.73 Å². The van der Waals surface area contributed by atoms with Gasteiger partial charge in [0, 0.05) is 53.9 Å². The maximum absolute atomic E-state index is 11.7. The molecule has 0 bridgehead atoms. The highest BCUT2D eigenvalue weighted by atomic mass is 16.1. The summed E-state index contributed by atoms with van der Waals surface area (Å²) in [7, 11) is 0. The Hall–Kier alpha value is -3.97. The molecule has 7 nitrogen and oxygen atoms in total. The van der Waals surface area contributed by atoms with E-state index in [1.54, 1.807) is 6.33 Å². The molecule has 1 amide bonds. The number of amides is 1. The van der Waals surface area contributed by atoms with E-state index in [-0.39, 0.29) is 5.54 Å². The molecule has 7 heteroatoms. The van der Waals surface area contributed by atoms with E-state index >= 15 is 0 Å². The lowest BCUT2D eigenvalue weighted by molar-refractivity contribution is 0.0997. The summed E-state index contributed by atoms with van der Waals surface area (Å²) in [6.07, 6.45) is 2.63. The Bertz CT molecular complexity index is 1650. The Kier molecular flexibility index (Phi) is 5.60.